The van der Waals surface area contributed by atoms with Gasteiger partial charge in [0.05, 0.1) is 42.5 Å². The third kappa shape index (κ3) is 6.55. The summed E-state index contributed by atoms with van der Waals surface area (Å²) in [6.45, 7) is 1.83. The second-order valence-electron chi connectivity index (χ2n) is 10.8. The lowest BCUT2D eigenvalue weighted by Gasteiger charge is -2.41. The number of ether oxygens (including phenoxy) is 2. The second-order valence-corrected chi connectivity index (χ2v) is 13.0. The minimum absolute atomic E-state index is 0.00355. The van der Waals surface area contributed by atoms with Crippen LogP contribution < -0.4 is 15.8 Å². The third-order valence-corrected chi connectivity index (χ3v) is 8.51. The predicted molar refractivity (Wildman–Crippen MR) is 150 cm³/mol. The molecule has 1 saturated carbocycles. The van der Waals surface area contributed by atoms with Crippen LogP contribution in [0.25, 0.3) is 11.3 Å². The van der Waals surface area contributed by atoms with E-state index in [0.717, 1.165) is 17.9 Å². The van der Waals surface area contributed by atoms with Crippen molar-refractivity contribution >= 4 is 21.4 Å². The number of carbonyl (C=O) groups excluding carboxylic acids is 1. The Morgan fingerprint density at radius 1 is 1.17 bits per heavy atom. The van der Waals surface area contributed by atoms with E-state index in [9.17, 15) is 13.2 Å². The Balaban J connectivity index is 1.57. The van der Waals surface area contributed by atoms with Crippen molar-refractivity contribution < 1.29 is 31.5 Å². The number of rotatable bonds is 4. The molecule has 1 aliphatic carbocycles. The molecule has 1 aliphatic heterocycles. The molecule has 2 aliphatic rings. The average molecular weight is 587 g/mol. The van der Waals surface area contributed by atoms with Crippen molar-refractivity contribution in [2.24, 2.45) is 11.7 Å². The molecule has 0 saturated heterocycles. The molecule has 41 heavy (non-hydrogen) atoms. The summed E-state index contributed by atoms with van der Waals surface area (Å²) in [5, 5.41) is 2.84. The summed E-state index contributed by atoms with van der Waals surface area (Å²) in [5.41, 5.74) is 7.86. The molecule has 1 amide bonds. The summed E-state index contributed by atoms with van der Waals surface area (Å²) in [6.07, 6.45) is 5.46. The van der Waals surface area contributed by atoms with Gasteiger partial charge in [0.2, 0.25) is 0 Å². The van der Waals surface area contributed by atoms with Gasteiger partial charge in [0.1, 0.15) is 38.6 Å². The fourth-order valence-electron chi connectivity index (χ4n) is 5.71. The number of hydrogen-bond acceptors (Lipinski definition) is 8. The lowest BCUT2D eigenvalue weighted by molar-refractivity contribution is -0.0273. The van der Waals surface area contributed by atoms with Crippen molar-refractivity contribution in [3.05, 3.63) is 71.2 Å². The number of aromatic nitrogens is 2. The Kier molecular flexibility index (Phi) is 8.35. The zero-order valence-corrected chi connectivity index (χ0v) is 23.6. The Labute approximate surface area is 237 Å². The van der Waals surface area contributed by atoms with Gasteiger partial charge in [-0.3, -0.25) is 9.78 Å². The third-order valence-electron chi connectivity index (χ3n) is 7.60. The second kappa shape index (κ2) is 11.8. The topological polar surface area (TPSA) is 134 Å². The molecule has 3 heterocycles. The standard InChI is InChI=1S/C29H32F2N4O5S/c1-16-11-21(31)26-25(12-16)39-8-6-17-13-18(14-22(32)28(17)40-9-10-41(2,37)38)19-5-7-33-15-24(19)35-29(36)23-4-3-20(30)27(26)34-23/h3-5,7,11-12,15,17-18,22,28H,6,8-10,13-14,32H2,1-2H3,(H,35,36). The smallest absolute Gasteiger partial charge is 0.274 e. The molecular weight excluding hydrogens is 554 g/mol. The molecule has 9 nitrogen and oxygen atoms in total. The highest BCUT2D eigenvalue weighted by Crippen LogP contribution is 2.42. The quantitative estimate of drug-likeness (QED) is 0.469. The van der Waals surface area contributed by atoms with Gasteiger partial charge in [0, 0.05) is 18.5 Å². The van der Waals surface area contributed by atoms with Gasteiger partial charge in [-0.15, -0.1) is 0 Å². The van der Waals surface area contributed by atoms with Crippen molar-refractivity contribution in [2.75, 3.05) is 30.5 Å². The number of fused-ring (bicyclic) bond motifs is 8. The monoisotopic (exact) mass is 586 g/mol. The van der Waals surface area contributed by atoms with Crippen LogP contribution in [0.2, 0.25) is 0 Å². The average Bonchev–Trinajstić information content (AvgIpc) is 2.89. The summed E-state index contributed by atoms with van der Waals surface area (Å²) in [6, 6.07) is 6.56. The van der Waals surface area contributed by atoms with Crippen molar-refractivity contribution in [2.45, 2.75) is 44.2 Å². The van der Waals surface area contributed by atoms with Crippen LogP contribution in [0.15, 0.2) is 42.7 Å². The van der Waals surface area contributed by atoms with Crippen LogP contribution in [0.4, 0.5) is 14.5 Å². The van der Waals surface area contributed by atoms with E-state index in [1.165, 1.54) is 18.3 Å². The van der Waals surface area contributed by atoms with Crippen LogP contribution in [-0.4, -0.2) is 61.7 Å². The van der Waals surface area contributed by atoms with Crippen LogP contribution >= 0.6 is 0 Å². The summed E-state index contributed by atoms with van der Waals surface area (Å²) in [7, 11) is -3.23. The molecule has 5 rings (SSSR count). The van der Waals surface area contributed by atoms with E-state index in [1.807, 2.05) is 6.07 Å². The van der Waals surface area contributed by atoms with E-state index in [1.54, 1.807) is 19.2 Å². The SMILES string of the molecule is Cc1cc(F)c2c(c1)OCCC1CC(CC(N)C1OCCS(C)(=O)=O)c1ccncc1NC(=O)c1ccc(F)c-2n1. The number of aryl methyl sites for hydroxylation is 1. The Morgan fingerprint density at radius 3 is 2.76 bits per heavy atom. The number of hydrogen-bond donors (Lipinski definition) is 2. The molecule has 1 aromatic carbocycles. The number of sulfone groups is 1. The van der Waals surface area contributed by atoms with Gasteiger partial charge in [-0.05, 0) is 79.5 Å². The Hall–Kier alpha value is -3.48. The van der Waals surface area contributed by atoms with Crippen molar-refractivity contribution in [3.63, 3.8) is 0 Å². The van der Waals surface area contributed by atoms with Crippen molar-refractivity contribution in [1.82, 2.24) is 9.97 Å². The summed E-state index contributed by atoms with van der Waals surface area (Å²) < 4.78 is 65.9. The fraction of sp³-hybridized carbons (Fsp3) is 0.414. The van der Waals surface area contributed by atoms with E-state index in [-0.39, 0.29) is 53.5 Å². The van der Waals surface area contributed by atoms with E-state index in [0.29, 0.717) is 30.5 Å². The van der Waals surface area contributed by atoms with Gasteiger partial charge in [0.15, 0.2) is 0 Å². The van der Waals surface area contributed by atoms with Gasteiger partial charge in [-0.2, -0.15) is 0 Å². The number of pyridine rings is 2. The van der Waals surface area contributed by atoms with E-state index >= 15 is 8.78 Å². The van der Waals surface area contributed by atoms with Crippen molar-refractivity contribution in [3.8, 4) is 17.0 Å². The number of benzene rings is 1. The molecule has 12 heteroatoms. The van der Waals surface area contributed by atoms with Gasteiger partial charge >= 0.3 is 0 Å². The highest BCUT2D eigenvalue weighted by molar-refractivity contribution is 7.90. The Morgan fingerprint density at radius 2 is 1.98 bits per heavy atom. The number of amides is 1. The molecular formula is C29H32F2N4O5S. The zero-order valence-electron chi connectivity index (χ0n) is 22.8. The van der Waals surface area contributed by atoms with Crippen LogP contribution in [0.1, 0.15) is 46.8 Å². The van der Waals surface area contributed by atoms with Crippen LogP contribution in [0, 0.1) is 24.5 Å². The normalized spacial score (nSPS) is 22.8. The molecule has 4 unspecified atom stereocenters. The minimum atomic E-state index is -3.23. The number of carbonyl (C=O) groups is 1. The van der Waals surface area contributed by atoms with Crippen LogP contribution in [0.5, 0.6) is 5.75 Å². The van der Waals surface area contributed by atoms with E-state index < -0.39 is 39.5 Å². The van der Waals surface area contributed by atoms with Gasteiger partial charge in [0.25, 0.3) is 5.91 Å². The predicted octanol–water partition coefficient (Wildman–Crippen LogP) is 4.02. The first-order valence-electron chi connectivity index (χ1n) is 13.4. The van der Waals surface area contributed by atoms with Crippen molar-refractivity contribution in [1.29, 1.82) is 0 Å². The number of halogens is 2. The zero-order chi connectivity index (χ0) is 29.3. The maximum Gasteiger partial charge on any atom is 0.274 e. The fourth-order valence-corrected chi connectivity index (χ4v) is 6.11. The first-order chi connectivity index (χ1) is 19.5. The van der Waals surface area contributed by atoms with Gasteiger partial charge < -0.3 is 20.5 Å². The first kappa shape index (κ1) is 29.0. The highest BCUT2D eigenvalue weighted by Gasteiger charge is 2.38. The first-order valence-corrected chi connectivity index (χ1v) is 15.5. The maximum atomic E-state index is 15.3. The molecule has 218 valence electrons. The van der Waals surface area contributed by atoms with E-state index in [4.69, 9.17) is 15.2 Å². The molecule has 1 fully saturated rings. The molecule has 0 spiro atoms. The lowest BCUT2D eigenvalue weighted by atomic mass is 9.72. The van der Waals surface area contributed by atoms with Crippen LogP contribution in [-0.2, 0) is 14.6 Å². The summed E-state index contributed by atoms with van der Waals surface area (Å²) in [5.74, 6) is -2.40. The number of nitrogens with two attached hydrogens (primary N) is 1. The Bertz CT molecular complexity index is 1570. The summed E-state index contributed by atoms with van der Waals surface area (Å²) >= 11 is 0. The largest absolute Gasteiger partial charge is 0.493 e. The molecule has 3 aromatic rings. The number of nitrogens with zero attached hydrogens (tertiary/aromatic N) is 2. The summed E-state index contributed by atoms with van der Waals surface area (Å²) in [4.78, 5) is 21.7. The van der Waals surface area contributed by atoms with Crippen LogP contribution in [0.3, 0.4) is 0 Å². The molecule has 4 atom stereocenters. The minimum Gasteiger partial charge on any atom is -0.493 e. The maximum absolute atomic E-state index is 15.3. The molecule has 3 N–H and O–H groups in total. The van der Waals surface area contributed by atoms with E-state index in [2.05, 4.69) is 15.3 Å². The molecule has 4 bridgehead atoms. The number of anilines is 1. The van der Waals surface area contributed by atoms with Gasteiger partial charge in [-0.1, -0.05) is 0 Å². The highest BCUT2D eigenvalue weighted by atomic mass is 32.2. The lowest BCUT2D eigenvalue weighted by Crippen LogP contribution is -2.48. The molecule has 0 radical (unpaired) electrons. The van der Waals surface area contributed by atoms with Gasteiger partial charge in [-0.25, -0.2) is 22.2 Å². The molecule has 2 aromatic heterocycles. The number of nitrogens with one attached hydrogen (secondary N) is 1.